The molecule has 2 rings (SSSR count). The summed E-state index contributed by atoms with van der Waals surface area (Å²) >= 11 is 0. The summed E-state index contributed by atoms with van der Waals surface area (Å²) in [5, 5.41) is 18.6. The summed E-state index contributed by atoms with van der Waals surface area (Å²) in [6, 6.07) is 0. The van der Waals surface area contributed by atoms with Crippen LogP contribution in [-0.2, 0) is 14.2 Å². The van der Waals surface area contributed by atoms with Gasteiger partial charge in [-0.1, -0.05) is 0 Å². The van der Waals surface area contributed by atoms with Gasteiger partial charge in [0.05, 0.1) is 13.2 Å². The number of ether oxygens (including phenoxy) is 3. The van der Waals surface area contributed by atoms with E-state index in [4.69, 9.17) is 14.2 Å². The second kappa shape index (κ2) is 2.65. The lowest BCUT2D eigenvalue weighted by molar-refractivity contribution is -0.216. The second-order valence-corrected chi connectivity index (χ2v) is 3.96. The molecule has 5 heteroatoms. The molecule has 5 nitrogen and oxygen atoms in total. The molecule has 0 aromatic carbocycles. The first-order valence-electron chi connectivity index (χ1n) is 4.28. The third-order valence-electron chi connectivity index (χ3n) is 2.40. The summed E-state index contributed by atoms with van der Waals surface area (Å²) in [5.41, 5.74) is -0.886. The zero-order valence-corrected chi connectivity index (χ0v) is 7.69. The van der Waals surface area contributed by atoms with Crippen LogP contribution in [0.4, 0.5) is 0 Å². The highest BCUT2D eigenvalue weighted by Gasteiger charge is 2.60. The zero-order valence-electron chi connectivity index (χ0n) is 7.69. The molecule has 0 amide bonds. The topological polar surface area (TPSA) is 68.2 Å². The van der Waals surface area contributed by atoms with E-state index >= 15 is 0 Å². The van der Waals surface area contributed by atoms with Crippen LogP contribution in [0.3, 0.4) is 0 Å². The molecule has 0 bridgehead atoms. The maximum absolute atomic E-state index is 9.39. The van der Waals surface area contributed by atoms with Crippen molar-refractivity contribution in [3.8, 4) is 0 Å². The lowest BCUT2D eigenvalue weighted by Crippen LogP contribution is -2.44. The van der Waals surface area contributed by atoms with Gasteiger partial charge in [0.1, 0.15) is 11.7 Å². The monoisotopic (exact) mass is 190 g/mol. The van der Waals surface area contributed by atoms with Crippen molar-refractivity contribution in [3.63, 3.8) is 0 Å². The van der Waals surface area contributed by atoms with Gasteiger partial charge in [-0.2, -0.15) is 0 Å². The molecule has 0 radical (unpaired) electrons. The number of hydrogen-bond acceptors (Lipinski definition) is 5. The van der Waals surface area contributed by atoms with E-state index in [0.29, 0.717) is 0 Å². The zero-order chi connectivity index (χ0) is 9.69. The van der Waals surface area contributed by atoms with Gasteiger partial charge >= 0.3 is 0 Å². The van der Waals surface area contributed by atoms with E-state index < -0.39 is 23.8 Å². The van der Waals surface area contributed by atoms with Crippen LogP contribution in [0.1, 0.15) is 13.8 Å². The van der Waals surface area contributed by atoms with Crippen molar-refractivity contribution >= 4 is 0 Å². The van der Waals surface area contributed by atoms with Gasteiger partial charge in [-0.05, 0) is 13.8 Å². The van der Waals surface area contributed by atoms with Crippen molar-refractivity contribution in [2.45, 2.75) is 37.6 Å². The Balaban J connectivity index is 2.24. The van der Waals surface area contributed by atoms with Crippen LogP contribution >= 0.6 is 0 Å². The van der Waals surface area contributed by atoms with Crippen molar-refractivity contribution in [2.75, 3.05) is 13.2 Å². The normalized spacial score (nSPS) is 48.0. The minimum Gasteiger partial charge on any atom is -0.393 e. The Labute approximate surface area is 76.2 Å². The molecule has 0 spiro atoms. The Morgan fingerprint density at radius 2 is 2.15 bits per heavy atom. The molecule has 76 valence electrons. The van der Waals surface area contributed by atoms with Gasteiger partial charge in [0.15, 0.2) is 12.1 Å². The average molecular weight is 190 g/mol. The molecule has 3 atom stereocenters. The average Bonchev–Trinajstić information content (AvgIpc) is 2.47. The number of fused-ring (bicyclic) bond motifs is 1. The maximum atomic E-state index is 9.39. The summed E-state index contributed by atoms with van der Waals surface area (Å²) in [6.45, 7) is 3.45. The van der Waals surface area contributed by atoms with Crippen molar-refractivity contribution in [1.29, 1.82) is 0 Å². The summed E-state index contributed by atoms with van der Waals surface area (Å²) in [5.74, 6) is -0.766. The molecule has 2 saturated heterocycles. The molecule has 0 saturated carbocycles. The van der Waals surface area contributed by atoms with Crippen molar-refractivity contribution in [2.24, 2.45) is 0 Å². The fraction of sp³-hybridized carbons (Fsp3) is 1.00. The number of aliphatic hydroxyl groups is 2. The SMILES string of the molecule is CC1(C)O[C@@H]2[C@H](O)OC[C@]2(CO)O1. The largest absolute Gasteiger partial charge is 0.393 e. The van der Waals surface area contributed by atoms with Gasteiger partial charge in [0.2, 0.25) is 0 Å². The van der Waals surface area contributed by atoms with E-state index in [1.165, 1.54) is 0 Å². The number of aliphatic hydroxyl groups excluding tert-OH is 2. The third kappa shape index (κ3) is 1.28. The number of hydrogen-bond donors (Lipinski definition) is 2. The Morgan fingerprint density at radius 3 is 2.69 bits per heavy atom. The molecule has 0 unspecified atom stereocenters. The molecule has 2 N–H and O–H groups in total. The van der Waals surface area contributed by atoms with E-state index in [1.54, 1.807) is 13.8 Å². The van der Waals surface area contributed by atoms with E-state index in [1.807, 2.05) is 0 Å². The third-order valence-corrected chi connectivity index (χ3v) is 2.40. The molecule has 2 heterocycles. The van der Waals surface area contributed by atoms with Crippen molar-refractivity contribution in [3.05, 3.63) is 0 Å². The Kier molecular flexibility index (Phi) is 1.91. The Hall–Kier alpha value is -0.200. The molecule has 13 heavy (non-hydrogen) atoms. The van der Waals surface area contributed by atoms with E-state index in [2.05, 4.69) is 0 Å². The molecule has 2 fully saturated rings. The Bertz CT molecular complexity index is 217. The van der Waals surface area contributed by atoms with Crippen LogP contribution in [0.25, 0.3) is 0 Å². The summed E-state index contributed by atoms with van der Waals surface area (Å²) in [4.78, 5) is 0. The van der Waals surface area contributed by atoms with Crippen LogP contribution in [0.2, 0.25) is 0 Å². The van der Waals surface area contributed by atoms with E-state index in [-0.39, 0.29) is 13.2 Å². The minimum absolute atomic E-state index is 0.165. The summed E-state index contributed by atoms with van der Waals surface area (Å²) < 4.78 is 15.9. The minimum atomic E-state index is -1.01. The first-order valence-corrected chi connectivity index (χ1v) is 4.28. The van der Waals surface area contributed by atoms with Crippen LogP contribution in [0.5, 0.6) is 0 Å². The first kappa shape index (κ1) is 9.36. The molecule has 0 aromatic heterocycles. The van der Waals surface area contributed by atoms with Gasteiger partial charge in [0.25, 0.3) is 0 Å². The van der Waals surface area contributed by atoms with Crippen LogP contribution in [0.15, 0.2) is 0 Å². The summed E-state index contributed by atoms with van der Waals surface area (Å²) in [6.07, 6.45) is -1.60. The second-order valence-electron chi connectivity index (χ2n) is 3.96. The van der Waals surface area contributed by atoms with Gasteiger partial charge in [-0.25, -0.2) is 0 Å². The molecular formula is C8H14O5. The van der Waals surface area contributed by atoms with E-state index in [0.717, 1.165) is 0 Å². The quantitative estimate of drug-likeness (QED) is 0.567. The molecule has 2 aliphatic heterocycles. The van der Waals surface area contributed by atoms with Gasteiger partial charge in [-0.15, -0.1) is 0 Å². The standard InChI is InChI=1S/C8H14O5/c1-7(2)12-5-6(10)11-4-8(5,3-9)13-7/h5-6,9-10H,3-4H2,1-2H3/t5-,6-,8+/m1/s1. The molecule has 0 aliphatic carbocycles. The maximum Gasteiger partial charge on any atom is 0.184 e. The summed E-state index contributed by atoms with van der Waals surface area (Å²) in [7, 11) is 0. The van der Waals surface area contributed by atoms with Crippen molar-refractivity contribution in [1.82, 2.24) is 0 Å². The molecule has 0 aromatic rings. The fourth-order valence-corrected chi connectivity index (χ4v) is 1.90. The highest BCUT2D eigenvalue weighted by molar-refractivity contribution is 5.01. The van der Waals surface area contributed by atoms with Gasteiger partial charge in [-0.3, -0.25) is 0 Å². The lowest BCUT2D eigenvalue weighted by Gasteiger charge is -2.23. The van der Waals surface area contributed by atoms with Gasteiger partial charge < -0.3 is 24.4 Å². The van der Waals surface area contributed by atoms with Crippen LogP contribution in [0, 0.1) is 0 Å². The van der Waals surface area contributed by atoms with E-state index in [9.17, 15) is 10.2 Å². The predicted octanol–water partition coefficient (Wildman–Crippen LogP) is -0.782. The Morgan fingerprint density at radius 1 is 1.46 bits per heavy atom. The highest BCUT2D eigenvalue weighted by atomic mass is 16.8. The van der Waals surface area contributed by atoms with Gasteiger partial charge in [0, 0.05) is 0 Å². The number of rotatable bonds is 1. The predicted molar refractivity (Wildman–Crippen MR) is 41.8 cm³/mol. The van der Waals surface area contributed by atoms with Crippen molar-refractivity contribution < 1.29 is 24.4 Å². The fourth-order valence-electron chi connectivity index (χ4n) is 1.90. The molecule has 2 aliphatic rings. The van der Waals surface area contributed by atoms with Crippen LogP contribution < -0.4 is 0 Å². The van der Waals surface area contributed by atoms with Crippen LogP contribution in [-0.4, -0.2) is 47.2 Å². The molecular weight excluding hydrogens is 176 g/mol. The first-order chi connectivity index (χ1) is 5.99. The lowest BCUT2D eigenvalue weighted by atomic mass is 10.0. The smallest absolute Gasteiger partial charge is 0.184 e. The highest BCUT2D eigenvalue weighted by Crippen LogP contribution is 2.42.